The van der Waals surface area contributed by atoms with E-state index in [1.165, 1.54) is 33.0 Å². The second-order valence-corrected chi connectivity index (χ2v) is 16.8. The molecule has 0 aliphatic heterocycles. The van der Waals surface area contributed by atoms with Crippen LogP contribution in [0.25, 0.3) is 44.4 Å². The Morgan fingerprint density at radius 2 is 1.44 bits per heavy atom. The molecule has 0 aliphatic carbocycles. The fourth-order valence-electron chi connectivity index (χ4n) is 7.54. The molecule has 0 bridgehead atoms. The van der Waals surface area contributed by atoms with Crippen LogP contribution >= 0.6 is 0 Å². The molecule has 0 spiro atoms. The van der Waals surface area contributed by atoms with Gasteiger partial charge in [0.05, 0.1) is 22.4 Å². The van der Waals surface area contributed by atoms with Crippen molar-refractivity contribution in [2.45, 2.75) is 87.5 Å². The molecule has 3 aromatic heterocycles. The largest absolute Gasteiger partial charge is 0.457 e. The highest BCUT2D eigenvalue weighted by Crippen LogP contribution is 2.41. The summed E-state index contributed by atoms with van der Waals surface area (Å²) in [6.07, 6.45) is 1.89. The highest BCUT2D eigenvalue weighted by molar-refractivity contribution is 6.09. The van der Waals surface area contributed by atoms with Crippen LogP contribution in [0.4, 0.5) is 0 Å². The third-order valence-electron chi connectivity index (χ3n) is 11.1. The van der Waals surface area contributed by atoms with Gasteiger partial charge in [-0.05, 0) is 114 Å². The van der Waals surface area contributed by atoms with Crippen molar-refractivity contribution in [1.29, 1.82) is 0 Å². The zero-order chi connectivity index (χ0) is 37.1. The highest BCUT2D eigenvalue weighted by Gasteiger charge is 2.27. The van der Waals surface area contributed by atoms with E-state index in [0.29, 0.717) is 11.8 Å². The smallest absolute Gasteiger partial charge is 0.137 e. The molecule has 0 amide bonds. The van der Waals surface area contributed by atoms with E-state index >= 15 is 0 Å². The van der Waals surface area contributed by atoms with Gasteiger partial charge >= 0.3 is 0 Å². The van der Waals surface area contributed by atoms with E-state index in [1.807, 2.05) is 12.3 Å². The van der Waals surface area contributed by atoms with Crippen molar-refractivity contribution in [2.75, 3.05) is 0 Å². The zero-order valence-electron chi connectivity index (χ0n) is 32.7. The minimum atomic E-state index is -0.0982. The third kappa shape index (κ3) is 6.53. The molecule has 2 atom stereocenters. The number of hydrogen-bond donors (Lipinski definition) is 0. The molecule has 5 heteroatoms. The molecule has 5 nitrogen and oxygen atoms in total. The number of aromatic nitrogens is 4. The molecule has 0 fully saturated rings. The molecule has 0 saturated carbocycles. The fourth-order valence-corrected chi connectivity index (χ4v) is 7.54. The van der Waals surface area contributed by atoms with Crippen molar-refractivity contribution in [2.24, 2.45) is 11.3 Å². The van der Waals surface area contributed by atoms with Crippen molar-refractivity contribution >= 4 is 21.8 Å². The van der Waals surface area contributed by atoms with E-state index in [-0.39, 0.29) is 10.8 Å². The van der Waals surface area contributed by atoms with E-state index in [1.54, 1.807) is 0 Å². The van der Waals surface area contributed by atoms with Crippen LogP contribution in [0.3, 0.4) is 0 Å². The van der Waals surface area contributed by atoms with Crippen molar-refractivity contribution in [1.82, 2.24) is 19.3 Å². The molecular weight excluding hydrogens is 637 g/mol. The summed E-state index contributed by atoms with van der Waals surface area (Å²) in [6, 6.07) is 34.7. The lowest BCUT2D eigenvalue weighted by Gasteiger charge is -2.32. The molecule has 7 rings (SSSR count). The number of rotatable bonds is 7. The first-order chi connectivity index (χ1) is 24.6. The summed E-state index contributed by atoms with van der Waals surface area (Å²) in [6.45, 7) is 24.8. The molecule has 0 radical (unpaired) electrons. The van der Waals surface area contributed by atoms with Gasteiger partial charge in [-0.3, -0.25) is 4.57 Å². The van der Waals surface area contributed by atoms with Crippen molar-refractivity contribution < 1.29 is 4.74 Å². The Morgan fingerprint density at radius 1 is 0.692 bits per heavy atom. The highest BCUT2D eigenvalue weighted by atomic mass is 16.5. The molecule has 0 N–H and O–H groups in total. The van der Waals surface area contributed by atoms with E-state index in [2.05, 4.69) is 176 Å². The maximum atomic E-state index is 6.81. The lowest BCUT2D eigenvalue weighted by molar-refractivity contribution is 0.228. The van der Waals surface area contributed by atoms with Crippen LogP contribution in [0.2, 0.25) is 0 Å². The summed E-state index contributed by atoms with van der Waals surface area (Å²) in [7, 11) is 0. The van der Waals surface area contributed by atoms with E-state index in [0.717, 1.165) is 51.0 Å². The van der Waals surface area contributed by atoms with Crippen LogP contribution in [-0.2, 0) is 5.41 Å². The van der Waals surface area contributed by atoms with Crippen LogP contribution < -0.4 is 4.74 Å². The van der Waals surface area contributed by atoms with Crippen molar-refractivity contribution in [3.8, 4) is 34.1 Å². The minimum Gasteiger partial charge on any atom is -0.457 e. The molecule has 2 unspecified atom stereocenters. The topological polar surface area (TPSA) is 44.9 Å². The Labute approximate surface area is 309 Å². The van der Waals surface area contributed by atoms with E-state index in [4.69, 9.17) is 14.8 Å². The van der Waals surface area contributed by atoms with Crippen molar-refractivity contribution in [3.05, 3.63) is 131 Å². The normalized spacial score (nSPS) is 13.5. The lowest BCUT2D eigenvalue weighted by Crippen LogP contribution is -2.22. The summed E-state index contributed by atoms with van der Waals surface area (Å²) < 4.78 is 11.2. The van der Waals surface area contributed by atoms with Gasteiger partial charge in [0.2, 0.25) is 0 Å². The Kier molecular flexibility index (Phi) is 8.89. The second kappa shape index (κ2) is 13.1. The third-order valence-corrected chi connectivity index (χ3v) is 11.1. The summed E-state index contributed by atoms with van der Waals surface area (Å²) in [4.78, 5) is 4.85. The van der Waals surface area contributed by atoms with Gasteiger partial charge in [-0.15, -0.1) is 0 Å². The predicted octanol–water partition coefficient (Wildman–Crippen LogP) is 12.8. The van der Waals surface area contributed by atoms with Crippen LogP contribution in [0.1, 0.15) is 89.4 Å². The van der Waals surface area contributed by atoms with Crippen LogP contribution in [0.15, 0.2) is 103 Å². The Balaban J connectivity index is 1.36. The molecule has 3 heterocycles. The first-order valence-electron chi connectivity index (χ1n) is 18.6. The number of benzene rings is 4. The summed E-state index contributed by atoms with van der Waals surface area (Å²) >= 11 is 0. The number of aryl methyl sites for hydroxylation is 2. The zero-order valence-corrected chi connectivity index (χ0v) is 32.7. The Bertz CT molecular complexity index is 2420. The van der Waals surface area contributed by atoms with Crippen LogP contribution in [0, 0.1) is 32.1 Å². The molecule has 266 valence electrons. The maximum Gasteiger partial charge on any atom is 0.137 e. The monoisotopic (exact) mass is 688 g/mol. The van der Waals surface area contributed by atoms with Crippen molar-refractivity contribution in [3.63, 3.8) is 0 Å². The molecule has 0 aliphatic rings. The summed E-state index contributed by atoms with van der Waals surface area (Å²) in [5, 5.41) is 7.45. The Hall–Kier alpha value is -5.16. The number of hydrogen-bond acceptors (Lipinski definition) is 3. The average Bonchev–Trinajstić information content (AvgIpc) is 3.58. The molecule has 7 aromatic rings. The van der Waals surface area contributed by atoms with Gasteiger partial charge in [0.1, 0.15) is 17.3 Å². The maximum absolute atomic E-state index is 6.81. The SMILES string of the molecule is Cc1ccnc(-n2c3ccc(C(C)C(C)C(C)(C)C)cc3c3ccc(Oc4cc(-n5nc(C)c(-c6ccccc6)c5C)cc(C(C)(C)C)c4)cc32)c1. The average molecular weight is 689 g/mol. The van der Waals surface area contributed by atoms with Gasteiger partial charge in [0.15, 0.2) is 0 Å². The molecule has 4 aromatic carbocycles. The van der Waals surface area contributed by atoms with Gasteiger partial charge < -0.3 is 4.74 Å². The van der Waals surface area contributed by atoms with E-state index in [9.17, 15) is 0 Å². The minimum absolute atomic E-state index is 0.0982. The first kappa shape index (κ1) is 35.3. The van der Waals surface area contributed by atoms with Gasteiger partial charge in [0, 0.05) is 40.4 Å². The Morgan fingerprint density at radius 3 is 2.13 bits per heavy atom. The van der Waals surface area contributed by atoms with E-state index < -0.39 is 0 Å². The first-order valence-corrected chi connectivity index (χ1v) is 18.6. The molecule has 0 saturated heterocycles. The van der Waals surface area contributed by atoms with Crippen LogP contribution in [0.5, 0.6) is 11.5 Å². The number of ether oxygens (including phenoxy) is 1. The molecule has 52 heavy (non-hydrogen) atoms. The van der Waals surface area contributed by atoms with Gasteiger partial charge in [-0.25, -0.2) is 9.67 Å². The van der Waals surface area contributed by atoms with Crippen LogP contribution in [-0.4, -0.2) is 19.3 Å². The number of fused-ring (bicyclic) bond motifs is 3. The fraction of sp³-hybridized carbons (Fsp3) is 0.319. The number of pyridine rings is 1. The van der Waals surface area contributed by atoms with Gasteiger partial charge in [0.25, 0.3) is 0 Å². The predicted molar refractivity (Wildman–Crippen MR) is 218 cm³/mol. The summed E-state index contributed by atoms with van der Waals surface area (Å²) in [5.41, 5.74) is 11.4. The van der Waals surface area contributed by atoms with Gasteiger partial charge in [-0.1, -0.05) is 91.8 Å². The number of nitrogens with zero attached hydrogens (tertiary/aromatic N) is 4. The van der Waals surface area contributed by atoms with Gasteiger partial charge in [-0.2, -0.15) is 5.10 Å². The lowest BCUT2D eigenvalue weighted by atomic mass is 9.72. The molecular formula is C47H52N4O. The quantitative estimate of drug-likeness (QED) is 0.167. The standard InChI is InChI=1S/C47H52N4O/c1-29-21-22-48-44(23-29)50-42-20-17-35(30(2)31(3)46(6,7)8)24-41(42)40-19-18-38(28-43(40)50)52-39-26-36(47(9,10)11)25-37(27-39)51-33(5)45(32(4)49-51)34-15-13-12-14-16-34/h12-28,30-31H,1-11H3. The summed E-state index contributed by atoms with van der Waals surface area (Å²) in [5.74, 6) is 3.38. The second-order valence-electron chi connectivity index (χ2n) is 16.8.